The topological polar surface area (TPSA) is 96.4 Å². The first-order valence-electron chi connectivity index (χ1n) is 9.87. The standard InChI is InChI=1S/C22H22ClN3O4S2/c1-4-26(5-2)32(29,30)18-13-16(11-12-17(18)23)21(28)25-22-24-19(20(31-22)14(3)27)15-9-7-6-8-10-15/h6-13H,4-5H2,1-3H3,(H,24,25,28). The van der Waals surface area contributed by atoms with Crippen molar-refractivity contribution in [3.8, 4) is 11.3 Å². The van der Waals surface area contributed by atoms with Gasteiger partial charge in [-0.25, -0.2) is 13.4 Å². The van der Waals surface area contributed by atoms with Crippen LogP contribution in [0.5, 0.6) is 0 Å². The third-order valence-corrected chi connectivity index (χ3v) is 8.33. The van der Waals surface area contributed by atoms with E-state index in [9.17, 15) is 18.0 Å². The highest BCUT2D eigenvalue weighted by Crippen LogP contribution is 2.32. The molecule has 0 spiro atoms. The maximum atomic E-state index is 12.9. The highest BCUT2D eigenvalue weighted by molar-refractivity contribution is 7.89. The van der Waals surface area contributed by atoms with Gasteiger partial charge in [0.15, 0.2) is 10.9 Å². The molecule has 0 radical (unpaired) electrons. The minimum absolute atomic E-state index is 0.0351. The van der Waals surface area contributed by atoms with Crippen LogP contribution in [0.3, 0.4) is 0 Å². The number of halogens is 1. The lowest BCUT2D eigenvalue weighted by molar-refractivity contribution is 0.101. The Morgan fingerprint density at radius 2 is 1.75 bits per heavy atom. The Balaban J connectivity index is 1.94. The Morgan fingerprint density at radius 1 is 1.09 bits per heavy atom. The van der Waals surface area contributed by atoms with E-state index in [0.29, 0.717) is 10.6 Å². The van der Waals surface area contributed by atoms with Crippen molar-refractivity contribution in [2.75, 3.05) is 18.4 Å². The van der Waals surface area contributed by atoms with Gasteiger partial charge in [0.05, 0.1) is 15.6 Å². The number of sulfonamides is 1. The number of aromatic nitrogens is 1. The molecule has 0 saturated heterocycles. The summed E-state index contributed by atoms with van der Waals surface area (Å²) >= 11 is 7.21. The number of nitrogens with zero attached hydrogens (tertiary/aromatic N) is 2. The molecular formula is C22H22ClN3O4S2. The summed E-state index contributed by atoms with van der Waals surface area (Å²) in [5.41, 5.74) is 1.36. The fourth-order valence-electron chi connectivity index (χ4n) is 3.12. The van der Waals surface area contributed by atoms with Gasteiger partial charge >= 0.3 is 0 Å². The SMILES string of the molecule is CCN(CC)S(=O)(=O)c1cc(C(=O)Nc2nc(-c3ccccc3)c(C(C)=O)s2)ccc1Cl. The number of nitrogens with one attached hydrogen (secondary N) is 1. The summed E-state index contributed by atoms with van der Waals surface area (Å²) in [4.78, 5) is 29.7. The summed E-state index contributed by atoms with van der Waals surface area (Å²) in [6, 6.07) is 13.3. The molecule has 0 aliphatic rings. The van der Waals surface area contributed by atoms with Crippen LogP contribution < -0.4 is 5.32 Å². The summed E-state index contributed by atoms with van der Waals surface area (Å²) in [6.45, 7) is 5.45. The van der Waals surface area contributed by atoms with E-state index >= 15 is 0 Å². The second-order valence-corrected chi connectivity index (χ2v) is 10.1. The minimum Gasteiger partial charge on any atom is -0.298 e. The summed E-state index contributed by atoms with van der Waals surface area (Å²) in [7, 11) is -3.85. The Labute approximate surface area is 196 Å². The molecule has 3 rings (SSSR count). The molecule has 2 aromatic carbocycles. The molecule has 0 unspecified atom stereocenters. The molecule has 10 heteroatoms. The second-order valence-electron chi connectivity index (χ2n) is 6.81. The highest BCUT2D eigenvalue weighted by atomic mass is 35.5. The summed E-state index contributed by atoms with van der Waals surface area (Å²) in [5.74, 6) is -0.720. The number of benzene rings is 2. The van der Waals surface area contributed by atoms with Crippen LogP contribution >= 0.6 is 22.9 Å². The van der Waals surface area contributed by atoms with Gasteiger partial charge in [-0.1, -0.05) is 67.1 Å². The van der Waals surface area contributed by atoms with Gasteiger partial charge < -0.3 is 0 Å². The number of hydrogen-bond donors (Lipinski definition) is 1. The molecule has 0 atom stereocenters. The number of amides is 1. The van der Waals surface area contributed by atoms with E-state index in [1.54, 1.807) is 13.8 Å². The van der Waals surface area contributed by atoms with E-state index in [1.807, 2.05) is 30.3 Å². The quantitative estimate of drug-likeness (QED) is 0.450. The molecule has 32 heavy (non-hydrogen) atoms. The largest absolute Gasteiger partial charge is 0.298 e. The molecule has 1 aromatic heterocycles. The van der Waals surface area contributed by atoms with Gasteiger partial charge in [-0.05, 0) is 18.2 Å². The van der Waals surface area contributed by atoms with Crippen molar-refractivity contribution in [2.24, 2.45) is 0 Å². The fourth-order valence-corrected chi connectivity index (χ4v) is 5.95. The van der Waals surface area contributed by atoms with E-state index < -0.39 is 15.9 Å². The van der Waals surface area contributed by atoms with Crippen LogP contribution in [0.4, 0.5) is 5.13 Å². The maximum absolute atomic E-state index is 12.9. The number of ketones is 1. The Morgan fingerprint density at radius 3 is 2.34 bits per heavy atom. The molecular weight excluding hydrogens is 470 g/mol. The van der Waals surface area contributed by atoms with Gasteiger partial charge in [-0.15, -0.1) is 0 Å². The zero-order chi connectivity index (χ0) is 23.5. The minimum atomic E-state index is -3.85. The molecule has 0 bridgehead atoms. The van der Waals surface area contributed by atoms with Crippen molar-refractivity contribution in [3.05, 3.63) is 64.0 Å². The van der Waals surface area contributed by atoms with E-state index in [4.69, 9.17) is 11.6 Å². The Kier molecular flexibility index (Phi) is 7.45. The predicted molar refractivity (Wildman–Crippen MR) is 127 cm³/mol. The molecule has 168 valence electrons. The normalized spacial score (nSPS) is 11.5. The first-order chi connectivity index (χ1) is 15.2. The highest BCUT2D eigenvalue weighted by Gasteiger charge is 2.26. The lowest BCUT2D eigenvalue weighted by atomic mass is 10.1. The average Bonchev–Trinajstić information content (AvgIpc) is 3.19. The van der Waals surface area contributed by atoms with Gasteiger partial charge in [0.2, 0.25) is 10.0 Å². The molecule has 0 fully saturated rings. The number of carbonyl (C=O) groups excluding carboxylic acids is 2. The zero-order valence-corrected chi connectivity index (χ0v) is 20.1. The van der Waals surface area contributed by atoms with Crippen molar-refractivity contribution >= 4 is 49.8 Å². The maximum Gasteiger partial charge on any atom is 0.257 e. The van der Waals surface area contributed by atoms with Crippen molar-refractivity contribution in [1.82, 2.24) is 9.29 Å². The van der Waals surface area contributed by atoms with Crippen molar-refractivity contribution in [3.63, 3.8) is 0 Å². The van der Waals surface area contributed by atoms with E-state index in [0.717, 1.165) is 16.9 Å². The van der Waals surface area contributed by atoms with Gasteiger partial charge in [0.1, 0.15) is 4.90 Å². The molecule has 7 nitrogen and oxygen atoms in total. The molecule has 1 heterocycles. The summed E-state index contributed by atoms with van der Waals surface area (Å²) in [6.07, 6.45) is 0. The fraction of sp³-hybridized carbons (Fsp3) is 0.227. The zero-order valence-electron chi connectivity index (χ0n) is 17.8. The third kappa shape index (κ3) is 4.91. The van der Waals surface area contributed by atoms with Crippen LogP contribution in [0.2, 0.25) is 5.02 Å². The number of anilines is 1. The first kappa shape index (κ1) is 24.1. The number of rotatable bonds is 8. The number of Topliss-reactive ketones (excluding diaryl/α,β-unsaturated/α-hetero) is 1. The first-order valence-corrected chi connectivity index (χ1v) is 12.5. The van der Waals surface area contributed by atoms with Crippen LogP contribution in [-0.4, -0.2) is 42.5 Å². The molecule has 0 saturated carbocycles. The van der Waals surface area contributed by atoms with Crippen molar-refractivity contribution in [1.29, 1.82) is 0 Å². The Bertz CT molecular complexity index is 1250. The number of hydrogen-bond acceptors (Lipinski definition) is 6. The average molecular weight is 492 g/mol. The van der Waals surface area contributed by atoms with Crippen LogP contribution in [-0.2, 0) is 10.0 Å². The lowest BCUT2D eigenvalue weighted by Crippen LogP contribution is -2.31. The van der Waals surface area contributed by atoms with E-state index in [-0.39, 0.29) is 39.5 Å². The Hall–Kier alpha value is -2.59. The van der Waals surface area contributed by atoms with Gasteiger partial charge in [0, 0.05) is 31.1 Å². The molecule has 3 aromatic rings. The third-order valence-electron chi connectivity index (χ3n) is 4.73. The smallest absolute Gasteiger partial charge is 0.257 e. The monoisotopic (exact) mass is 491 g/mol. The molecule has 0 aliphatic carbocycles. The van der Waals surface area contributed by atoms with E-state index in [2.05, 4.69) is 10.3 Å². The van der Waals surface area contributed by atoms with Crippen LogP contribution in [0, 0.1) is 0 Å². The van der Waals surface area contributed by atoms with Crippen LogP contribution in [0.15, 0.2) is 53.4 Å². The molecule has 0 aliphatic heterocycles. The molecule has 1 amide bonds. The predicted octanol–water partition coefficient (Wildman–Crippen LogP) is 4.95. The van der Waals surface area contributed by atoms with Crippen molar-refractivity contribution < 1.29 is 18.0 Å². The summed E-state index contributed by atoms with van der Waals surface area (Å²) < 4.78 is 27.0. The van der Waals surface area contributed by atoms with Gasteiger partial charge in [-0.2, -0.15) is 4.31 Å². The van der Waals surface area contributed by atoms with Gasteiger partial charge in [-0.3, -0.25) is 14.9 Å². The van der Waals surface area contributed by atoms with Crippen molar-refractivity contribution in [2.45, 2.75) is 25.7 Å². The number of thiazole rings is 1. The lowest BCUT2D eigenvalue weighted by Gasteiger charge is -2.19. The molecule has 1 N–H and O–H groups in total. The van der Waals surface area contributed by atoms with E-state index in [1.165, 1.54) is 29.4 Å². The van der Waals surface area contributed by atoms with Gasteiger partial charge in [0.25, 0.3) is 5.91 Å². The summed E-state index contributed by atoms with van der Waals surface area (Å²) in [5, 5.41) is 2.94. The van der Waals surface area contributed by atoms with Crippen LogP contribution in [0.1, 0.15) is 40.8 Å². The number of carbonyl (C=O) groups is 2. The van der Waals surface area contributed by atoms with Crippen LogP contribution in [0.25, 0.3) is 11.3 Å². The second kappa shape index (κ2) is 9.91.